The van der Waals surface area contributed by atoms with Crippen molar-refractivity contribution < 1.29 is 32.2 Å². The fourth-order valence-corrected chi connectivity index (χ4v) is 1.23. The van der Waals surface area contributed by atoms with Crippen LogP contribution < -0.4 is 9.47 Å². The Bertz CT molecular complexity index is 469. The van der Waals surface area contributed by atoms with Crippen molar-refractivity contribution in [2.45, 2.75) is 19.2 Å². The van der Waals surface area contributed by atoms with E-state index < -0.39 is 18.1 Å². The Kier molecular flexibility index (Phi) is 4.91. The average Bonchev–Trinajstić information content (AvgIpc) is 2.29. The summed E-state index contributed by atoms with van der Waals surface area (Å²) in [5.41, 5.74) is -0.209. The quantitative estimate of drug-likeness (QED) is 0.471. The van der Waals surface area contributed by atoms with Gasteiger partial charge in [0.2, 0.25) is 0 Å². The van der Waals surface area contributed by atoms with E-state index in [9.17, 15) is 22.8 Å². The number of halogens is 3. The summed E-state index contributed by atoms with van der Waals surface area (Å²) in [5, 5.41) is 0. The Morgan fingerprint density at radius 2 is 2.05 bits per heavy atom. The summed E-state index contributed by atoms with van der Waals surface area (Å²) in [6.07, 6.45) is -4.23. The van der Waals surface area contributed by atoms with Crippen molar-refractivity contribution >= 4 is 12.3 Å². The van der Waals surface area contributed by atoms with Crippen LogP contribution in [0.1, 0.15) is 23.2 Å². The van der Waals surface area contributed by atoms with Crippen molar-refractivity contribution in [1.82, 2.24) is 0 Å². The Morgan fingerprint density at radius 1 is 1.37 bits per heavy atom. The number of carbonyl (C=O) groups excluding carboxylic acids is 2. The molecule has 0 unspecified atom stereocenters. The van der Waals surface area contributed by atoms with Gasteiger partial charge in [0.05, 0.1) is 5.56 Å². The maximum Gasteiger partial charge on any atom is 0.573 e. The minimum atomic E-state index is -4.85. The van der Waals surface area contributed by atoms with Crippen molar-refractivity contribution in [3.05, 3.63) is 30.7 Å². The second-order valence-electron chi connectivity index (χ2n) is 3.44. The van der Waals surface area contributed by atoms with Crippen LogP contribution in [0.15, 0.2) is 18.2 Å². The molecular formula is C12H10F3O4. The molecule has 0 fully saturated rings. The lowest BCUT2D eigenvalue weighted by Crippen LogP contribution is -2.17. The van der Waals surface area contributed by atoms with E-state index >= 15 is 0 Å². The predicted octanol–water partition coefficient (Wildman–Crippen LogP) is 2.92. The van der Waals surface area contributed by atoms with Gasteiger partial charge in [-0.1, -0.05) is 6.92 Å². The van der Waals surface area contributed by atoms with Gasteiger partial charge < -0.3 is 9.47 Å². The summed E-state index contributed by atoms with van der Waals surface area (Å²) in [5.74, 6) is -1.31. The lowest BCUT2D eigenvalue weighted by molar-refractivity contribution is -0.274. The summed E-state index contributed by atoms with van der Waals surface area (Å²) >= 11 is 0. The molecule has 0 spiro atoms. The van der Waals surface area contributed by atoms with Gasteiger partial charge in [0.25, 0.3) is 0 Å². The van der Waals surface area contributed by atoms with Crippen LogP contribution in [-0.2, 0) is 4.79 Å². The van der Waals surface area contributed by atoms with E-state index in [-0.39, 0.29) is 24.0 Å². The van der Waals surface area contributed by atoms with Gasteiger partial charge in [-0.2, -0.15) is 0 Å². The van der Waals surface area contributed by atoms with E-state index in [1.165, 1.54) is 0 Å². The first-order chi connectivity index (χ1) is 8.85. The van der Waals surface area contributed by atoms with Crippen LogP contribution in [0.2, 0.25) is 0 Å². The summed E-state index contributed by atoms with van der Waals surface area (Å²) in [6.45, 7) is 3.45. The highest BCUT2D eigenvalue weighted by Crippen LogP contribution is 2.27. The Morgan fingerprint density at radius 3 is 2.58 bits per heavy atom. The van der Waals surface area contributed by atoms with E-state index in [4.69, 9.17) is 4.74 Å². The smallest absolute Gasteiger partial charge is 0.426 e. The van der Waals surface area contributed by atoms with Crippen LogP contribution in [0, 0.1) is 6.92 Å². The molecule has 0 aliphatic heterocycles. The molecule has 0 heterocycles. The molecule has 0 atom stereocenters. The van der Waals surface area contributed by atoms with E-state index in [1.54, 1.807) is 0 Å². The summed E-state index contributed by atoms with van der Waals surface area (Å²) < 4.78 is 44.4. The van der Waals surface area contributed by atoms with Crippen LogP contribution in [0.3, 0.4) is 0 Å². The number of ether oxygens (including phenoxy) is 2. The molecule has 1 rings (SSSR count). The van der Waals surface area contributed by atoms with E-state index in [2.05, 4.69) is 11.7 Å². The molecule has 4 nitrogen and oxygen atoms in total. The molecule has 0 N–H and O–H groups in total. The minimum Gasteiger partial charge on any atom is -0.426 e. The average molecular weight is 275 g/mol. The Labute approximate surface area is 107 Å². The second kappa shape index (κ2) is 6.21. The van der Waals surface area contributed by atoms with Gasteiger partial charge in [-0.3, -0.25) is 9.59 Å². The molecular weight excluding hydrogens is 265 g/mol. The molecule has 1 radical (unpaired) electrons. The molecule has 103 valence electrons. The van der Waals surface area contributed by atoms with Crippen LogP contribution in [0.5, 0.6) is 11.5 Å². The van der Waals surface area contributed by atoms with E-state index in [0.717, 1.165) is 18.2 Å². The lowest BCUT2D eigenvalue weighted by atomic mass is 10.2. The van der Waals surface area contributed by atoms with Gasteiger partial charge in [-0.25, -0.2) is 0 Å². The van der Waals surface area contributed by atoms with Gasteiger partial charge in [-0.15, -0.1) is 13.2 Å². The number of carbonyl (C=O) groups is 2. The number of esters is 1. The van der Waals surface area contributed by atoms with Crippen molar-refractivity contribution in [1.29, 1.82) is 0 Å². The number of benzene rings is 1. The fourth-order valence-electron chi connectivity index (χ4n) is 1.23. The molecule has 0 aliphatic rings. The standard InChI is InChI=1S/C12H10F3O4/c1-2-3-11(17)18-10-5-4-9(6-8(10)7-16)19-12(13,14)15/h4-7H,1-3H2. The molecule has 0 bridgehead atoms. The van der Waals surface area contributed by atoms with Gasteiger partial charge in [0.15, 0.2) is 6.29 Å². The normalized spacial score (nSPS) is 10.9. The third-order valence-corrected chi connectivity index (χ3v) is 1.95. The summed E-state index contributed by atoms with van der Waals surface area (Å²) in [6, 6.07) is 2.85. The van der Waals surface area contributed by atoms with E-state index in [1.807, 2.05) is 0 Å². The number of alkyl halides is 3. The van der Waals surface area contributed by atoms with Crippen molar-refractivity contribution in [3.63, 3.8) is 0 Å². The van der Waals surface area contributed by atoms with Crippen molar-refractivity contribution in [2.75, 3.05) is 0 Å². The zero-order valence-electron chi connectivity index (χ0n) is 9.70. The monoisotopic (exact) mass is 275 g/mol. The first-order valence-electron chi connectivity index (χ1n) is 5.20. The first kappa shape index (κ1) is 15.0. The van der Waals surface area contributed by atoms with Crippen LogP contribution in [-0.4, -0.2) is 18.6 Å². The zero-order valence-corrected chi connectivity index (χ0v) is 9.70. The minimum absolute atomic E-state index is 0.0408. The zero-order chi connectivity index (χ0) is 14.5. The third kappa shape index (κ3) is 4.99. The van der Waals surface area contributed by atoms with Gasteiger partial charge in [-0.05, 0) is 24.6 Å². The first-order valence-corrected chi connectivity index (χ1v) is 5.20. The number of rotatable bonds is 5. The molecule has 0 amide bonds. The highest BCUT2D eigenvalue weighted by molar-refractivity contribution is 5.83. The maximum absolute atomic E-state index is 12.0. The predicted molar refractivity (Wildman–Crippen MR) is 58.7 cm³/mol. The second-order valence-corrected chi connectivity index (χ2v) is 3.44. The fraction of sp³-hybridized carbons (Fsp3) is 0.250. The molecule has 7 heteroatoms. The SMILES string of the molecule is [CH2]CCC(=O)Oc1ccc(OC(F)(F)F)cc1C=O. The number of hydrogen-bond acceptors (Lipinski definition) is 4. The topological polar surface area (TPSA) is 52.6 Å². The van der Waals surface area contributed by atoms with Crippen molar-refractivity contribution in [2.24, 2.45) is 0 Å². The van der Waals surface area contributed by atoms with Gasteiger partial charge in [0, 0.05) is 6.42 Å². The van der Waals surface area contributed by atoms with Crippen LogP contribution >= 0.6 is 0 Å². The third-order valence-electron chi connectivity index (χ3n) is 1.95. The van der Waals surface area contributed by atoms with Gasteiger partial charge in [0.1, 0.15) is 11.5 Å². The Hall–Kier alpha value is -2.05. The van der Waals surface area contributed by atoms with Crippen molar-refractivity contribution in [3.8, 4) is 11.5 Å². The van der Waals surface area contributed by atoms with Crippen LogP contribution in [0.25, 0.3) is 0 Å². The molecule has 1 aromatic rings. The largest absolute Gasteiger partial charge is 0.573 e. The molecule has 1 aromatic carbocycles. The number of hydrogen-bond donors (Lipinski definition) is 0. The molecule has 0 aromatic heterocycles. The van der Waals surface area contributed by atoms with E-state index in [0.29, 0.717) is 6.42 Å². The maximum atomic E-state index is 12.0. The lowest BCUT2D eigenvalue weighted by Gasteiger charge is -2.11. The molecule has 0 saturated carbocycles. The van der Waals surface area contributed by atoms with Gasteiger partial charge >= 0.3 is 12.3 Å². The highest BCUT2D eigenvalue weighted by atomic mass is 19.4. The summed E-state index contributed by atoms with van der Waals surface area (Å²) in [7, 11) is 0. The van der Waals surface area contributed by atoms with Crippen LogP contribution in [0.4, 0.5) is 13.2 Å². The summed E-state index contributed by atoms with van der Waals surface area (Å²) in [4.78, 5) is 21.9. The Balaban J connectivity index is 2.90. The number of aldehydes is 1. The highest BCUT2D eigenvalue weighted by Gasteiger charge is 2.31. The molecule has 0 saturated heterocycles. The molecule has 0 aliphatic carbocycles. The molecule has 19 heavy (non-hydrogen) atoms.